The number of nitrogens with zero attached hydrogens (tertiary/aromatic N) is 2. The van der Waals surface area contributed by atoms with Crippen molar-refractivity contribution in [2.75, 3.05) is 13.3 Å². The zero-order chi connectivity index (χ0) is 9.68. The van der Waals surface area contributed by atoms with Crippen molar-refractivity contribution < 1.29 is 9.13 Å². The molecule has 0 radical (unpaired) electrons. The van der Waals surface area contributed by atoms with Gasteiger partial charge in [-0.3, -0.25) is 0 Å². The van der Waals surface area contributed by atoms with Gasteiger partial charge in [0.05, 0.1) is 6.20 Å². The van der Waals surface area contributed by atoms with Gasteiger partial charge in [-0.25, -0.2) is 9.37 Å². The highest BCUT2D eigenvalue weighted by Gasteiger charge is 2.04. The minimum absolute atomic E-state index is 0.0883. The summed E-state index contributed by atoms with van der Waals surface area (Å²) in [4.78, 5) is 3.69. The van der Waals surface area contributed by atoms with Gasteiger partial charge in [-0.15, -0.1) is 0 Å². The van der Waals surface area contributed by atoms with Crippen LogP contribution in [0, 0.1) is 11.3 Å². The number of hydrogen-bond donors (Lipinski definition) is 0. The molecule has 0 unspecified atom stereocenters. The van der Waals surface area contributed by atoms with Gasteiger partial charge < -0.3 is 4.74 Å². The molecule has 13 heavy (non-hydrogen) atoms. The summed E-state index contributed by atoms with van der Waals surface area (Å²) < 4.78 is 16.7. The van der Waals surface area contributed by atoms with Crippen LogP contribution < -0.4 is 4.74 Å². The monoisotopic (exact) mass is 200 g/mol. The molecule has 0 fully saturated rings. The summed E-state index contributed by atoms with van der Waals surface area (Å²) in [6, 6.07) is 3.25. The van der Waals surface area contributed by atoms with Crippen LogP contribution in [0.1, 0.15) is 5.56 Å². The van der Waals surface area contributed by atoms with Gasteiger partial charge in [0.15, 0.2) is 0 Å². The first-order chi connectivity index (χ1) is 6.27. The lowest BCUT2D eigenvalue weighted by Crippen LogP contribution is -2.00. The molecule has 1 aromatic rings. The van der Waals surface area contributed by atoms with Crippen LogP contribution in [-0.4, -0.2) is 18.3 Å². The number of nitriles is 1. The number of hydrogen-bond acceptors (Lipinski definition) is 3. The van der Waals surface area contributed by atoms with Crippen molar-refractivity contribution in [2.24, 2.45) is 0 Å². The largest absolute Gasteiger partial charge is 0.489 e. The SMILES string of the molecule is N#Cc1cnc(Cl)cc1OCCF. The highest BCUT2D eigenvalue weighted by molar-refractivity contribution is 6.29. The third-order valence-electron chi connectivity index (χ3n) is 1.29. The van der Waals surface area contributed by atoms with Crippen molar-refractivity contribution in [1.29, 1.82) is 5.26 Å². The third-order valence-corrected chi connectivity index (χ3v) is 1.49. The summed E-state index contributed by atoms with van der Waals surface area (Å²) in [6.45, 7) is -0.695. The van der Waals surface area contributed by atoms with Crippen LogP contribution in [0.5, 0.6) is 5.75 Å². The average molecular weight is 201 g/mol. The Kier molecular flexibility index (Phi) is 3.47. The molecule has 0 aromatic carbocycles. The first-order valence-electron chi connectivity index (χ1n) is 3.52. The van der Waals surface area contributed by atoms with Crippen LogP contribution in [0.2, 0.25) is 5.15 Å². The molecule has 0 N–H and O–H groups in total. The zero-order valence-corrected chi connectivity index (χ0v) is 7.38. The lowest BCUT2D eigenvalue weighted by molar-refractivity contribution is 0.272. The van der Waals surface area contributed by atoms with Crippen LogP contribution in [-0.2, 0) is 0 Å². The Labute approximate surface area is 79.7 Å². The van der Waals surface area contributed by atoms with Gasteiger partial charge in [0.2, 0.25) is 0 Å². The molecule has 0 aliphatic carbocycles. The Balaban J connectivity index is 2.89. The van der Waals surface area contributed by atoms with E-state index in [1.165, 1.54) is 12.3 Å². The fraction of sp³-hybridized carbons (Fsp3) is 0.250. The second-order valence-electron chi connectivity index (χ2n) is 2.15. The Morgan fingerprint density at radius 3 is 3.08 bits per heavy atom. The van der Waals surface area contributed by atoms with E-state index in [1.807, 2.05) is 6.07 Å². The quantitative estimate of drug-likeness (QED) is 0.701. The summed E-state index contributed by atoms with van der Waals surface area (Å²) in [7, 11) is 0. The second kappa shape index (κ2) is 4.63. The third kappa shape index (κ3) is 2.56. The van der Waals surface area contributed by atoms with E-state index in [0.717, 1.165) is 0 Å². The molecule has 0 bridgehead atoms. The van der Waals surface area contributed by atoms with Crippen molar-refractivity contribution >= 4 is 11.6 Å². The van der Waals surface area contributed by atoms with Crippen molar-refractivity contribution in [3.8, 4) is 11.8 Å². The molecule has 0 aliphatic heterocycles. The Bertz CT molecular complexity index is 337. The van der Waals surface area contributed by atoms with Crippen LogP contribution >= 0.6 is 11.6 Å². The molecule has 0 saturated carbocycles. The highest BCUT2D eigenvalue weighted by atomic mass is 35.5. The number of aromatic nitrogens is 1. The number of halogens is 2. The van der Waals surface area contributed by atoms with E-state index in [4.69, 9.17) is 21.6 Å². The van der Waals surface area contributed by atoms with Crippen LogP contribution in [0.3, 0.4) is 0 Å². The average Bonchev–Trinajstić information content (AvgIpc) is 2.15. The fourth-order valence-corrected chi connectivity index (χ4v) is 0.913. The van der Waals surface area contributed by atoms with Gasteiger partial charge in [-0.05, 0) is 0 Å². The first kappa shape index (κ1) is 9.75. The van der Waals surface area contributed by atoms with Crippen LogP contribution in [0.4, 0.5) is 4.39 Å². The lowest BCUT2D eigenvalue weighted by Gasteiger charge is -2.04. The van der Waals surface area contributed by atoms with Crippen molar-refractivity contribution in [3.63, 3.8) is 0 Å². The minimum atomic E-state index is -0.606. The number of pyridine rings is 1. The molecule has 0 spiro atoms. The minimum Gasteiger partial charge on any atom is -0.489 e. The maximum Gasteiger partial charge on any atom is 0.141 e. The van der Waals surface area contributed by atoms with Crippen molar-refractivity contribution in [3.05, 3.63) is 23.0 Å². The van der Waals surface area contributed by atoms with Gasteiger partial charge in [-0.2, -0.15) is 5.26 Å². The van der Waals surface area contributed by atoms with E-state index in [1.54, 1.807) is 0 Å². The normalized spacial score (nSPS) is 9.31. The van der Waals surface area contributed by atoms with Crippen molar-refractivity contribution in [1.82, 2.24) is 4.98 Å². The molecule has 68 valence electrons. The second-order valence-corrected chi connectivity index (χ2v) is 2.54. The van der Waals surface area contributed by atoms with E-state index in [9.17, 15) is 4.39 Å². The molecular weight excluding hydrogens is 195 g/mol. The van der Waals surface area contributed by atoms with Crippen molar-refractivity contribution in [2.45, 2.75) is 0 Å². The van der Waals surface area contributed by atoms with Crippen LogP contribution in [0.25, 0.3) is 0 Å². The Morgan fingerprint density at radius 2 is 2.46 bits per heavy atom. The van der Waals surface area contributed by atoms with Gasteiger partial charge in [0, 0.05) is 6.07 Å². The topological polar surface area (TPSA) is 45.9 Å². The molecular formula is C8H6ClFN2O. The molecule has 1 rings (SSSR count). The summed E-state index contributed by atoms with van der Waals surface area (Å²) in [5.74, 6) is 0.264. The number of ether oxygens (including phenoxy) is 1. The summed E-state index contributed by atoms with van der Waals surface area (Å²) >= 11 is 5.56. The van der Waals surface area contributed by atoms with E-state index < -0.39 is 6.67 Å². The molecule has 3 nitrogen and oxygen atoms in total. The van der Waals surface area contributed by atoms with Gasteiger partial charge >= 0.3 is 0 Å². The summed E-state index contributed by atoms with van der Waals surface area (Å²) in [5, 5.41) is 8.82. The first-order valence-corrected chi connectivity index (χ1v) is 3.90. The standard InChI is InChI=1S/C8H6ClFN2O/c9-8-3-7(13-2-1-10)6(4-11)5-12-8/h3,5H,1-2H2. The van der Waals surface area contributed by atoms with Gasteiger partial charge in [0.1, 0.15) is 35.8 Å². The highest BCUT2D eigenvalue weighted by Crippen LogP contribution is 2.20. The predicted molar refractivity (Wildman–Crippen MR) is 45.4 cm³/mol. The van der Waals surface area contributed by atoms with E-state index in [-0.39, 0.29) is 23.1 Å². The van der Waals surface area contributed by atoms with Crippen LogP contribution in [0.15, 0.2) is 12.3 Å². The summed E-state index contributed by atoms with van der Waals surface area (Å²) in [6.07, 6.45) is 1.29. The predicted octanol–water partition coefficient (Wildman–Crippen LogP) is 1.95. The fourth-order valence-electron chi connectivity index (χ4n) is 0.765. The smallest absolute Gasteiger partial charge is 0.141 e. The molecule has 0 saturated heterocycles. The van der Waals surface area contributed by atoms with E-state index >= 15 is 0 Å². The Morgan fingerprint density at radius 1 is 1.69 bits per heavy atom. The lowest BCUT2D eigenvalue weighted by atomic mass is 10.3. The molecule has 0 amide bonds. The molecule has 1 aromatic heterocycles. The molecule has 0 atom stereocenters. The maximum absolute atomic E-state index is 11.8. The van der Waals surface area contributed by atoms with E-state index in [2.05, 4.69) is 4.98 Å². The number of rotatable bonds is 3. The maximum atomic E-state index is 11.8. The number of alkyl halides is 1. The van der Waals surface area contributed by atoms with E-state index in [0.29, 0.717) is 0 Å². The summed E-state index contributed by atoms with van der Waals surface area (Å²) in [5.41, 5.74) is 0.248. The zero-order valence-electron chi connectivity index (χ0n) is 6.63. The van der Waals surface area contributed by atoms with Gasteiger partial charge in [0.25, 0.3) is 0 Å². The molecule has 0 aliphatic rings. The molecule has 1 heterocycles. The van der Waals surface area contributed by atoms with Gasteiger partial charge in [-0.1, -0.05) is 11.6 Å². The molecule has 5 heteroatoms. The Hall–Kier alpha value is -1.34.